The molecule has 0 radical (unpaired) electrons. The SMILES string of the molecule is COc1ccccc1-n1cc(-c2ccccc2)c2c(N3CCN(c4cccc(Cl)c4)CC3)ncnc21. The molecule has 0 bridgehead atoms. The van der Waals surface area contributed by atoms with Crippen LogP contribution in [0.1, 0.15) is 0 Å². The second kappa shape index (κ2) is 9.55. The first-order chi connectivity index (χ1) is 17.7. The predicted molar refractivity (Wildman–Crippen MR) is 147 cm³/mol. The van der Waals surface area contributed by atoms with Gasteiger partial charge in [-0.2, -0.15) is 0 Å². The summed E-state index contributed by atoms with van der Waals surface area (Å²) in [6.07, 6.45) is 3.82. The molecule has 1 fully saturated rings. The fourth-order valence-corrected chi connectivity index (χ4v) is 5.17. The van der Waals surface area contributed by atoms with Crippen molar-refractivity contribution in [3.05, 3.63) is 96.4 Å². The molecule has 0 atom stereocenters. The Hall–Kier alpha value is -4.03. The van der Waals surface area contributed by atoms with Gasteiger partial charge < -0.3 is 14.5 Å². The van der Waals surface area contributed by atoms with Gasteiger partial charge in [-0.25, -0.2) is 9.97 Å². The van der Waals surface area contributed by atoms with E-state index in [1.807, 2.05) is 42.5 Å². The van der Waals surface area contributed by atoms with Crippen LogP contribution in [0.5, 0.6) is 5.75 Å². The molecule has 6 rings (SSSR count). The number of hydrogen-bond acceptors (Lipinski definition) is 5. The summed E-state index contributed by atoms with van der Waals surface area (Å²) in [4.78, 5) is 14.3. The Morgan fingerprint density at radius 1 is 0.806 bits per heavy atom. The molecule has 0 N–H and O–H groups in total. The first-order valence-corrected chi connectivity index (χ1v) is 12.4. The molecular formula is C29H26ClN5O. The van der Waals surface area contributed by atoms with Crippen molar-refractivity contribution in [2.24, 2.45) is 0 Å². The first kappa shape index (κ1) is 22.4. The number of anilines is 2. The quantitative estimate of drug-likeness (QED) is 0.296. The third-order valence-electron chi connectivity index (χ3n) is 6.75. The summed E-state index contributed by atoms with van der Waals surface area (Å²) < 4.78 is 7.80. The van der Waals surface area contributed by atoms with E-state index in [0.29, 0.717) is 0 Å². The van der Waals surface area contributed by atoms with Crippen LogP contribution < -0.4 is 14.5 Å². The average molecular weight is 496 g/mol. The topological polar surface area (TPSA) is 46.4 Å². The van der Waals surface area contributed by atoms with Crippen LogP contribution in [0.25, 0.3) is 27.8 Å². The molecule has 0 aliphatic carbocycles. The van der Waals surface area contributed by atoms with E-state index < -0.39 is 0 Å². The van der Waals surface area contributed by atoms with Crippen LogP contribution in [0, 0.1) is 0 Å². The van der Waals surface area contributed by atoms with Crippen LogP contribution in [0.3, 0.4) is 0 Å². The molecule has 1 saturated heterocycles. The Balaban J connectivity index is 1.44. The van der Waals surface area contributed by atoms with Crippen molar-refractivity contribution in [2.75, 3.05) is 43.1 Å². The number of methoxy groups -OCH3 is 1. The number of hydrogen-bond donors (Lipinski definition) is 0. The lowest BCUT2D eigenvalue weighted by Crippen LogP contribution is -2.46. The molecule has 1 aliphatic heterocycles. The largest absolute Gasteiger partial charge is 0.495 e. The van der Waals surface area contributed by atoms with Crippen molar-refractivity contribution in [3.8, 4) is 22.6 Å². The Morgan fingerprint density at radius 2 is 1.56 bits per heavy atom. The maximum atomic E-state index is 6.24. The summed E-state index contributed by atoms with van der Waals surface area (Å²) in [5.74, 6) is 1.75. The minimum Gasteiger partial charge on any atom is -0.495 e. The van der Waals surface area contributed by atoms with Crippen LogP contribution in [-0.4, -0.2) is 47.8 Å². The molecule has 7 heteroatoms. The third-order valence-corrected chi connectivity index (χ3v) is 6.98. The Bertz CT molecular complexity index is 1510. The van der Waals surface area contributed by atoms with Gasteiger partial charge in [-0.1, -0.05) is 60.1 Å². The molecule has 6 nitrogen and oxygen atoms in total. The minimum absolute atomic E-state index is 0.762. The summed E-state index contributed by atoms with van der Waals surface area (Å²) in [6.45, 7) is 3.48. The second-order valence-electron chi connectivity index (χ2n) is 8.80. The number of rotatable bonds is 5. The van der Waals surface area contributed by atoms with Gasteiger partial charge in [0.1, 0.15) is 17.9 Å². The van der Waals surface area contributed by atoms with E-state index in [0.717, 1.165) is 76.3 Å². The van der Waals surface area contributed by atoms with Crippen molar-refractivity contribution in [1.82, 2.24) is 14.5 Å². The fraction of sp³-hybridized carbons (Fsp3) is 0.172. The number of fused-ring (bicyclic) bond motifs is 1. The summed E-state index contributed by atoms with van der Waals surface area (Å²) in [7, 11) is 1.70. The van der Waals surface area contributed by atoms with Crippen molar-refractivity contribution < 1.29 is 4.74 Å². The smallest absolute Gasteiger partial charge is 0.150 e. The molecule has 3 heterocycles. The van der Waals surface area contributed by atoms with Gasteiger partial charge in [-0.3, -0.25) is 4.57 Å². The highest BCUT2D eigenvalue weighted by atomic mass is 35.5. The van der Waals surface area contributed by atoms with Gasteiger partial charge in [0.05, 0.1) is 18.2 Å². The summed E-state index contributed by atoms with van der Waals surface area (Å²) in [5, 5.41) is 1.81. The zero-order valence-corrected chi connectivity index (χ0v) is 20.8. The lowest BCUT2D eigenvalue weighted by molar-refractivity contribution is 0.413. The number of halogens is 1. The fourth-order valence-electron chi connectivity index (χ4n) is 4.98. The van der Waals surface area contributed by atoms with E-state index in [2.05, 4.69) is 57.0 Å². The normalized spacial score (nSPS) is 13.8. The van der Waals surface area contributed by atoms with E-state index in [1.165, 1.54) is 0 Å². The Morgan fingerprint density at radius 3 is 2.33 bits per heavy atom. The standard InChI is InChI=1S/C29H26ClN5O/c1-36-26-13-6-5-12-25(26)35-19-24(21-8-3-2-4-9-21)27-28(31-20-32-29(27)35)34-16-14-33(15-17-34)23-11-7-10-22(30)18-23/h2-13,18-20H,14-17H2,1H3. The molecule has 1 aliphatic rings. The molecule has 0 saturated carbocycles. The highest BCUT2D eigenvalue weighted by Gasteiger charge is 2.25. The summed E-state index contributed by atoms with van der Waals surface area (Å²) in [6, 6.07) is 26.5. The first-order valence-electron chi connectivity index (χ1n) is 12.0. The van der Waals surface area contributed by atoms with Gasteiger partial charge >= 0.3 is 0 Å². The van der Waals surface area contributed by atoms with Crippen LogP contribution in [0.4, 0.5) is 11.5 Å². The van der Waals surface area contributed by atoms with Crippen molar-refractivity contribution in [1.29, 1.82) is 0 Å². The maximum absolute atomic E-state index is 6.24. The van der Waals surface area contributed by atoms with Gasteiger partial charge in [-0.05, 0) is 35.9 Å². The molecule has 0 unspecified atom stereocenters. The van der Waals surface area contributed by atoms with Gasteiger partial charge in [0.2, 0.25) is 0 Å². The van der Waals surface area contributed by atoms with Crippen LogP contribution in [0.2, 0.25) is 5.02 Å². The van der Waals surface area contributed by atoms with Crippen molar-refractivity contribution in [2.45, 2.75) is 0 Å². The molecule has 180 valence electrons. The van der Waals surface area contributed by atoms with E-state index in [1.54, 1.807) is 13.4 Å². The van der Waals surface area contributed by atoms with Gasteiger partial charge in [0, 0.05) is 48.6 Å². The monoisotopic (exact) mass is 495 g/mol. The number of piperazine rings is 1. The Labute approximate surface area is 215 Å². The number of nitrogens with zero attached hydrogens (tertiary/aromatic N) is 5. The number of para-hydroxylation sites is 2. The lowest BCUT2D eigenvalue weighted by Gasteiger charge is -2.37. The number of aromatic nitrogens is 3. The van der Waals surface area contributed by atoms with Crippen molar-refractivity contribution in [3.63, 3.8) is 0 Å². The molecule has 0 amide bonds. The zero-order chi connectivity index (χ0) is 24.5. The Kier molecular flexibility index (Phi) is 5.95. The number of benzene rings is 3. The van der Waals surface area contributed by atoms with Gasteiger partial charge in [-0.15, -0.1) is 0 Å². The molecule has 2 aromatic heterocycles. The van der Waals surface area contributed by atoms with Gasteiger partial charge in [0.25, 0.3) is 0 Å². The number of ether oxygens (including phenoxy) is 1. The minimum atomic E-state index is 0.762. The molecule has 5 aromatic rings. The molecule has 0 spiro atoms. The molecule has 36 heavy (non-hydrogen) atoms. The van der Waals surface area contributed by atoms with E-state index in [9.17, 15) is 0 Å². The van der Waals surface area contributed by atoms with E-state index in [4.69, 9.17) is 26.3 Å². The van der Waals surface area contributed by atoms with Crippen LogP contribution >= 0.6 is 11.6 Å². The third kappa shape index (κ3) is 4.03. The van der Waals surface area contributed by atoms with E-state index in [-0.39, 0.29) is 0 Å². The second-order valence-corrected chi connectivity index (χ2v) is 9.24. The maximum Gasteiger partial charge on any atom is 0.150 e. The summed E-state index contributed by atoms with van der Waals surface area (Å²) in [5.41, 5.74) is 5.19. The highest BCUT2D eigenvalue weighted by molar-refractivity contribution is 6.30. The highest BCUT2D eigenvalue weighted by Crippen LogP contribution is 2.38. The molecule has 3 aromatic carbocycles. The van der Waals surface area contributed by atoms with Gasteiger partial charge in [0.15, 0.2) is 5.65 Å². The van der Waals surface area contributed by atoms with E-state index >= 15 is 0 Å². The lowest BCUT2D eigenvalue weighted by atomic mass is 10.1. The zero-order valence-electron chi connectivity index (χ0n) is 20.0. The summed E-state index contributed by atoms with van der Waals surface area (Å²) >= 11 is 6.24. The van der Waals surface area contributed by atoms with Crippen LogP contribution in [0.15, 0.2) is 91.4 Å². The average Bonchev–Trinajstić information content (AvgIpc) is 3.33. The predicted octanol–water partition coefficient (Wildman–Crippen LogP) is 6.08. The van der Waals surface area contributed by atoms with Crippen molar-refractivity contribution >= 4 is 34.1 Å². The molecular weight excluding hydrogens is 470 g/mol. The van der Waals surface area contributed by atoms with Crippen LogP contribution in [-0.2, 0) is 0 Å².